The summed E-state index contributed by atoms with van der Waals surface area (Å²) in [5, 5.41) is 1.46. The molecule has 0 N–H and O–H groups in total. The van der Waals surface area contributed by atoms with Crippen molar-refractivity contribution in [1.82, 2.24) is 9.21 Å². The second-order valence-electron chi connectivity index (χ2n) is 6.81. The van der Waals surface area contributed by atoms with Gasteiger partial charge in [0, 0.05) is 31.6 Å². The van der Waals surface area contributed by atoms with Crippen molar-refractivity contribution >= 4 is 33.2 Å². The summed E-state index contributed by atoms with van der Waals surface area (Å²) in [7, 11) is -2.48. The van der Waals surface area contributed by atoms with Crippen LogP contribution in [0.2, 0.25) is 0 Å². The zero-order valence-corrected chi connectivity index (χ0v) is 18.4. The Labute approximate surface area is 180 Å². The van der Waals surface area contributed by atoms with E-state index in [2.05, 4.69) is 4.74 Å². The molecule has 0 aliphatic carbocycles. The largest absolute Gasteiger partial charge is 0.465 e. The van der Waals surface area contributed by atoms with Crippen molar-refractivity contribution in [2.75, 3.05) is 33.3 Å². The number of benzene rings is 1. The van der Waals surface area contributed by atoms with Gasteiger partial charge in [0.05, 0.1) is 19.3 Å². The highest BCUT2D eigenvalue weighted by atomic mass is 32.2. The molecule has 3 rings (SSSR count). The molecule has 1 unspecified atom stereocenters. The van der Waals surface area contributed by atoms with Crippen LogP contribution in [0.5, 0.6) is 0 Å². The van der Waals surface area contributed by atoms with Gasteiger partial charge in [-0.15, -0.1) is 11.3 Å². The first-order valence-electron chi connectivity index (χ1n) is 9.44. The second kappa shape index (κ2) is 9.69. The molecule has 0 saturated carbocycles. The quantitative estimate of drug-likeness (QED) is 0.597. The first-order valence-corrected chi connectivity index (χ1v) is 11.8. The van der Waals surface area contributed by atoms with Gasteiger partial charge in [-0.3, -0.25) is 4.79 Å². The lowest BCUT2D eigenvalue weighted by atomic mass is 10.2. The van der Waals surface area contributed by atoms with Gasteiger partial charge >= 0.3 is 5.97 Å². The lowest BCUT2D eigenvalue weighted by Gasteiger charge is -2.34. The number of piperazine rings is 1. The predicted octanol–water partition coefficient (Wildman–Crippen LogP) is 1.97. The van der Waals surface area contributed by atoms with Gasteiger partial charge in [0.2, 0.25) is 0 Å². The number of carbonyl (C=O) groups excluding carboxylic acids is 2. The van der Waals surface area contributed by atoms with E-state index in [4.69, 9.17) is 4.74 Å². The summed E-state index contributed by atoms with van der Waals surface area (Å²) in [6, 6.07) is 10.9. The molecule has 1 atom stereocenters. The molecule has 1 amide bonds. The SMILES string of the molecule is COC(=O)c1csc(S(=O)(=O)N2CCN(C(=O)C(C)OCc3ccccc3)CC2)c1. The summed E-state index contributed by atoms with van der Waals surface area (Å²) >= 11 is 0.979. The fourth-order valence-electron chi connectivity index (χ4n) is 3.08. The van der Waals surface area contributed by atoms with Crippen molar-refractivity contribution in [3.8, 4) is 0 Å². The van der Waals surface area contributed by atoms with E-state index >= 15 is 0 Å². The summed E-state index contributed by atoms with van der Waals surface area (Å²) in [5.74, 6) is -0.736. The van der Waals surface area contributed by atoms with E-state index in [-0.39, 0.29) is 41.9 Å². The third-order valence-corrected chi connectivity index (χ3v) is 8.15. The van der Waals surface area contributed by atoms with Crippen LogP contribution in [-0.4, -0.2) is 68.9 Å². The number of thiophene rings is 1. The number of hydrogen-bond acceptors (Lipinski definition) is 7. The average Bonchev–Trinajstić information content (AvgIpc) is 3.28. The summed E-state index contributed by atoms with van der Waals surface area (Å²) in [6.07, 6.45) is -0.617. The van der Waals surface area contributed by atoms with Crippen LogP contribution < -0.4 is 0 Å². The molecule has 1 fully saturated rings. The summed E-state index contributed by atoms with van der Waals surface area (Å²) in [6.45, 7) is 2.98. The maximum Gasteiger partial charge on any atom is 0.338 e. The lowest BCUT2D eigenvalue weighted by molar-refractivity contribution is -0.144. The fourth-order valence-corrected chi connectivity index (χ4v) is 5.80. The smallest absolute Gasteiger partial charge is 0.338 e. The molecule has 1 aliphatic rings. The van der Waals surface area contributed by atoms with Crippen LogP contribution in [0.3, 0.4) is 0 Å². The van der Waals surface area contributed by atoms with Gasteiger partial charge in [0.25, 0.3) is 15.9 Å². The monoisotopic (exact) mass is 452 g/mol. The van der Waals surface area contributed by atoms with Gasteiger partial charge in [-0.25, -0.2) is 13.2 Å². The predicted molar refractivity (Wildman–Crippen MR) is 112 cm³/mol. The molecular formula is C20H24N2O6S2. The first-order chi connectivity index (χ1) is 14.3. The molecule has 1 aromatic heterocycles. The minimum absolute atomic E-state index is 0.0854. The fraction of sp³-hybridized carbons (Fsp3) is 0.400. The first kappa shape index (κ1) is 22.4. The Bertz CT molecular complexity index is 982. The molecule has 1 saturated heterocycles. The molecule has 8 nitrogen and oxygen atoms in total. The molecule has 0 spiro atoms. The topological polar surface area (TPSA) is 93.2 Å². The third kappa shape index (κ3) is 5.07. The molecule has 0 radical (unpaired) electrons. The highest BCUT2D eigenvalue weighted by Crippen LogP contribution is 2.25. The van der Waals surface area contributed by atoms with Crippen molar-refractivity contribution in [2.24, 2.45) is 0 Å². The van der Waals surface area contributed by atoms with Crippen LogP contribution in [-0.2, 0) is 30.9 Å². The molecule has 2 aromatic rings. The van der Waals surface area contributed by atoms with Crippen LogP contribution >= 0.6 is 11.3 Å². The van der Waals surface area contributed by atoms with Crippen molar-refractivity contribution in [2.45, 2.75) is 23.8 Å². The maximum absolute atomic E-state index is 12.8. The number of sulfonamides is 1. The van der Waals surface area contributed by atoms with E-state index in [0.717, 1.165) is 16.9 Å². The molecule has 2 heterocycles. The Balaban J connectivity index is 1.55. The van der Waals surface area contributed by atoms with Crippen molar-refractivity contribution < 1.29 is 27.5 Å². The van der Waals surface area contributed by atoms with Gasteiger partial charge in [-0.1, -0.05) is 30.3 Å². The van der Waals surface area contributed by atoms with E-state index in [9.17, 15) is 18.0 Å². The Morgan fingerprint density at radius 3 is 2.43 bits per heavy atom. The number of ether oxygens (including phenoxy) is 2. The lowest BCUT2D eigenvalue weighted by Crippen LogP contribution is -2.52. The van der Waals surface area contributed by atoms with Gasteiger partial charge in [-0.05, 0) is 18.6 Å². The minimum atomic E-state index is -3.72. The Morgan fingerprint density at radius 1 is 1.13 bits per heavy atom. The summed E-state index contributed by atoms with van der Waals surface area (Å²) in [4.78, 5) is 25.8. The van der Waals surface area contributed by atoms with Crippen LogP contribution in [0.15, 0.2) is 46.0 Å². The van der Waals surface area contributed by atoms with Gasteiger partial charge in [0.15, 0.2) is 0 Å². The highest BCUT2D eigenvalue weighted by Gasteiger charge is 2.33. The number of carbonyl (C=O) groups is 2. The number of rotatable bonds is 7. The normalized spacial score (nSPS) is 16.3. The molecule has 0 bridgehead atoms. The number of esters is 1. The van der Waals surface area contributed by atoms with Gasteiger partial charge < -0.3 is 14.4 Å². The number of methoxy groups -OCH3 is 1. The average molecular weight is 453 g/mol. The van der Waals surface area contributed by atoms with Gasteiger partial charge in [0.1, 0.15) is 10.3 Å². The number of nitrogens with zero attached hydrogens (tertiary/aromatic N) is 2. The summed E-state index contributed by atoms with van der Waals surface area (Å²) < 4.78 is 37.4. The van der Waals surface area contributed by atoms with Crippen molar-refractivity contribution in [3.63, 3.8) is 0 Å². The molecule has 10 heteroatoms. The van der Waals surface area contributed by atoms with E-state index < -0.39 is 22.1 Å². The maximum atomic E-state index is 12.8. The van der Waals surface area contributed by atoms with Crippen LogP contribution in [0.4, 0.5) is 0 Å². The summed E-state index contributed by atoms with van der Waals surface area (Å²) in [5.41, 5.74) is 1.19. The van der Waals surface area contributed by atoms with E-state index in [1.54, 1.807) is 11.8 Å². The van der Waals surface area contributed by atoms with Crippen molar-refractivity contribution in [3.05, 3.63) is 52.9 Å². The number of amides is 1. The van der Waals surface area contributed by atoms with Crippen molar-refractivity contribution in [1.29, 1.82) is 0 Å². The number of hydrogen-bond donors (Lipinski definition) is 0. The Hall–Kier alpha value is -2.27. The zero-order valence-electron chi connectivity index (χ0n) is 16.8. The van der Waals surface area contributed by atoms with Gasteiger partial charge in [-0.2, -0.15) is 4.31 Å². The zero-order chi connectivity index (χ0) is 21.7. The third-order valence-electron chi connectivity index (χ3n) is 4.83. The second-order valence-corrected chi connectivity index (χ2v) is 9.89. The van der Waals surface area contributed by atoms with Crippen LogP contribution in [0.1, 0.15) is 22.8 Å². The highest BCUT2D eigenvalue weighted by molar-refractivity contribution is 7.91. The molecule has 30 heavy (non-hydrogen) atoms. The minimum Gasteiger partial charge on any atom is -0.465 e. The molecule has 162 valence electrons. The molecule has 1 aromatic carbocycles. The molecular weight excluding hydrogens is 428 g/mol. The standard InChI is InChI=1S/C20H24N2O6S2/c1-15(28-13-16-6-4-3-5-7-16)19(23)21-8-10-22(11-9-21)30(25,26)18-12-17(14-29-18)20(24)27-2/h3-7,12,14-15H,8-11,13H2,1-2H3. The Kier molecular flexibility index (Phi) is 7.24. The van der Waals surface area contributed by atoms with E-state index in [1.807, 2.05) is 30.3 Å². The van der Waals surface area contributed by atoms with Crippen LogP contribution in [0.25, 0.3) is 0 Å². The Morgan fingerprint density at radius 2 is 1.80 bits per heavy atom. The molecule has 1 aliphatic heterocycles. The van der Waals surface area contributed by atoms with E-state index in [0.29, 0.717) is 6.61 Å². The van der Waals surface area contributed by atoms with Crippen LogP contribution in [0, 0.1) is 0 Å². The van der Waals surface area contributed by atoms with E-state index in [1.165, 1.54) is 22.9 Å².